The highest BCUT2D eigenvalue weighted by atomic mass is 35.5. The van der Waals surface area contributed by atoms with E-state index in [-0.39, 0.29) is 67.8 Å². The lowest BCUT2D eigenvalue weighted by atomic mass is 9.70. The van der Waals surface area contributed by atoms with Gasteiger partial charge in [-0.2, -0.15) is 4.98 Å². The van der Waals surface area contributed by atoms with Gasteiger partial charge >= 0.3 is 0 Å². The SMILES string of the molecule is CC(C)C(N)C(=O)NC1(O)Cc2ccc(O)c(c2)C23c4cccc(c4OC2O)-c2cccc4[nH]c(Cl)c(c24)-c2oc(nc2Cl)-c2nc(oc23)C(C(C)C)NC1=O. The van der Waals surface area contributed by atoms with Crippen LogP contribution < -0.4 is 21.1 Å². The highest BCUT2D eigenvalue weighted by Gasteiger charge is 2.59. The molecule has 8 N–H and O–H groups in total. The number of carbonyl (C=O) groups is 2. The first kappa shape index (κ1) is 36.3. The Morgan fingerprint density at radius 2 is 1.79 bits per heavy atom. The van der Waals surface area contributed by atoms with Crippen LogP contribution in [0.3, 0.4) is 0 Å². The standard InChI is InChI=1S/C40H36Cl2N6O8/c1-15(2)26(43)34(50)48-39(53)14-17-11-12-23(49)21(13-17)40-20-9-5-8-19(29(20)55-38(40)52)18-7-6-10-22-24(18)25(32(41)44-22)30-33(42)47-36(54-30)28-31(40)56-35(45-28)27(16(3)4)46-37(39)51/h5-13,15-16,26-27,38,44,49,52-53H,14,43H2,1-4H3,(H,46,51)(H,48,50). The maximum atomic E-state index is 14.3. The smallest absolute Gasteiger partial charge is 0.274 e. The Labute approximate surface area is 329 Å². The van der Waals surface area contributed by atoms with Gasteiger partial charge in [0.15, 0.2) is 22.4 Å². The average molecular weight is 800 g/mol. The summed E-state index contributed by atoms with van der Waals surface area (Å²) in [5, 5.41) is 42.7. The normalized spacial score (nSPS) is 22.8. The number of halogens is 2. The molecule has 2 amide bonds. The van der Waals surface area contributed by atoms with E-state index < -0.39 is 53.7 Å². The molecule has 5 unspecified atom stereocenters. The van der Waals surface area contributed by atoms with Gasteiger partial charge in [0.25, 0.3) is 11.8 Å². The number of aromatic hydroxyl groups is 1. The van der Waals surface area contributed by atoms with Crippen LogP contribution in [0.1, 0.15) is 62.1 Å². The fourth-order valence-corrected chi connectivity index (χ4v) is 8.59. The van der Waals surface area contributed by atoms with Crippen LogP contribution in [0.2, 0.25) is 10.3 Å². The largest absolute Gasteiger partial charge is 0.508 e. The van der Waals surface area contributed by atoms with Crippen LogP contribution in [-0.2, 0) is 21.4 Å². The average Bonchev–Trinajstić information content (AvgIpc) is 3.91. The summed E-state index contributed by atoms with van der Waals surface area (Å²) < 4.78 is 19.7. The number of phenolic OH excluding ortho intramolecular Hbond substituents is 1. The van der Waals surface area contributed by atoms with Crippen molar-refractivity contribution < 1.29 is 38.5 Å². The number of H-pyrrole nitrogens is 1. The minimum atomic E-state index is -2.56. The first-order valence-electron chi connectivity index (χ1n) is 18.0. The molecule has 5 atom stereocenters. The van der Waals surface area contributed by atoms with Gasteiger partial charge < -0.3 is 50.2 Å². The number of aromatic amines is 1. The molecule has 0 saturated carbocycles. The van der Waals surface area contributed by atoms with Gasteiger partial charge in [0.2, 0.25) is 23.8 Å². The molecule has 0 fully saturated rings. The maximum Gasteiger partial charge on any atom is 0.274 e. The van der Waals surface area contributed by atoms with Crippen molar-refractivity contribution in [2.24, 2.45) is 17.6 Å². The number of benzene rings is 3. The molecule has 3 aromatic heterocycles. The second kappa shape index (κ2) is 12.6. The van der Waals surface area contributed by atoms with Crippen molar-refractivity contribution in [3.63, 3.8) is 0 Å². The zero-order chi connectivity index (χ0) is 39.6. The number of ether oxygens (including phenoxy) is 1. The van der Waals surface area contributed by atoms with E-state index in [1.807, 2.05) is 24.3 Å². The third kappa shape index (κ3) is 5.06. The molecular formula is C40H36Cl2N6O8. The highest BCUT2D eigenvalue weighted by Crippen LogP contribution is 2.59. The number of carbonyl (C=O) groups excluding carboxylic acids is 2. The lowest BCUT2D eigenvalue weighted by Gasteiger charge is -2.34. The number of nitrogens with two attached hydrogens (primary N) is 1. The number of oxazole rings is 2. The number of aliphatic hydroxyl groups excluding tert-OH is 1. The summed E-state index contributed by atoms with van der Waals surface area (Å²) >= 11 is 13.7. The topological polar surface area (TPSA) is 222 Å². The monoisotopic (exact) mass is 798 g/mol. The van der Waals surface area contributed by atoms with Gasteiger partial charge in [-0.3, -0.25) is 9.59 Å². The van der Waals surface area contributed by atoms with Crippen molar-refractivity contribution in [3.05, 3.63) is 93.2 Å². The van der Waals surface area contributed by atoms with E-state index in [1.54, 1.807) is 39.8 Å². The summed E-state index contributed by atoms with van der Waals surface area (Å²) in [5.74, 6) is -2.62. The van der Waals surface area contributed by atoms with E-state index in [1.165, 1.54) is 18.2 Å². The lowest BCUT2D eigenvalue weighted by Crippen LogP contribution is -2.63. The van der Waals surface area contributed by atoms with Crippen LogP contribution in [0.25, 0.3) is 44.9 Å². The molecule has 6 aromatic rings. The molecule has 288 valence electrons. The van der Waals surface area contributed by atoms with E-state index in [4.69, 9.17) is 47.5 Å². The Morgan fingerprint density at radius 3 is 2.54 bits per heavy atom. The molecule has 6 heterocycles. The van der Waals surface area contributed by atoms with Crippen LogP contribution in [-0.4, -0.2) is 60.1 Å². The molecule has 9 rings (SSSR count). The molecule has 1 spiro atoms. The number of rotatable bonds is 4. The summed E-state index contributed by atoms with van der Waals surface area (Å²) in [6.07, 6.45) is -2.25. The van der Waals surface area contributed by atoms with Gasteiger partial charge in [-0.05, 0) is 35.1 Å². The number of aliphatic hydroxyl groups is 2. The molecule has 0 saturated heterocycles. The van der Waals surface area contributed by atoms with Crippen LogP contribution >= 0.6 is 23.2 Å². The van der Waals surface area contributed by atoms with Gasteiger partial charge in [0.1, 0.15) is 28.1 Å². The molecule has 3 aliphatic rings. The first-order valence-corrected chi connectivity index (χ1v) is 18.8. The minimum absolute atomic E-state index is 0.0266. The molecule has 0 aliphatic carbocycles. The van der Waals surface area contributed by atoms with Gasteiger partial charge in [-0.1, -0.05) is 93.4 Å². The van der Waals surface area contributed by atoms with Crippen molar-refractivity contribution in [2.75, 3.05) is 0 Å². The van der Waals surface area contributed by atoms with Gasteiger partial charge in [-0.15, -0.1) is 0 Å². The van der Waals surface area contributed by atoms with E-state index in [2.05, 4.69) is 20.6 Å². The van der Waals surface area contributed by atoms with Crippen molar-refractivity contribution in [2.45, 2.75) is 63.6 Å². The molecule has 10 bridgehead atoms. The third-order valence-corrected chi connectivity index (χ3v) is 11.6. The number of phenols is 1. The van der Waals surface area contributed by atoms with Gasteiger partial charge in [0.05, 0.1) is 11.6 Å². The predicted octanol–water partition coefficient (Wildman–Crippen LogP) is 5.67. The van der Waals surface area contributed by atoms with Crippen molar-refractivity contribution in [3.8, 4) is 45.5 Å². The first-order chi connectivity index (χ1) is 26.6. The molecule has 3 aromatic carbocycles. The van der Waals surface area contributed by atoms with E-state index in [0.717, 1.165) is 0 Å². The van der Waals surface area contributed by atoms with E-state index in [0.29, 0.717) is 33.2 Å². The molecular weight excluding hydrogens is 763 g/mol. The number of fused-ring (bicyclic) bond motifs is 8. The van der Waals surface area contributed by atoms with Crippen LogP contribution in [0.5, 0.6) is 11.5 Å². The number of amides is 2. The summed E-state index contributed by atoms with van der Waals surface area (Å²) in [4.78, 5) is 40.3. The molecule has 14 nitrogen and oxygen atoms in total. The molecule has 16 heteroatoms. The second-order valence-corrected chi connectivity index (χ2v) is 16.0. The number of aromatic nitrogens is 3. The van der Waals surface area contributed by atoms with Crippen LogP contribution in [0, 0.1) is 11.8 Å². The summed E-state index contributed by atoms with van der Waals surface area (Å²) in [6, 6.07) is 13.2. The van der Waals surface area contributed by atoms with Crippen molar-refractivity contribution in [1.29, 1.82) is 0 Å². The quantitative estimate of drug-likeness (QED) is 0.108. The Bertz CT molecular complexity index is 2630. The lowest BCUT2D eigenvalue weighted by molar-refractivity contribution is -0.151. The van der Waals surface area contributed by atoms with Crippen LogP contribution in [0.15, 0.2) is 63.4 Å². The van der Waals surface area contributed by atoms with Gasteiger partial charge in [-0.25, -0.2) is 4.98 Å². The summed E-state index contributed by atoms with van der Waals surface area (Å²) in [7, 11) is 0. The number of para-hydroxylation sites is 1. The summed E-state index contributed by atoms with van der Waals surface area (Å²) in [5.41, 5.74) is 4.71. The maximum absolute atomic E-state index is 14.3. The number of hydrogen-bond donors (Lipinski definition) is 7. The molecule has 0 radical (unpaired) electrons. The Balaban J connectivity index is 1.41. The zero-order valence-corrected chi connectivity index (χ0v) is 31.9. The fraction of sp³-hybridized carbons (Fsp3) is 0.300. The summed E-state index contributed by atoms with van der Waals surface area (Å²) in [6.45, 7) is 7.07. The molecule has 56 heavy (non-hydrogen) atoms. The molecule has 3 aliphatic heterocycles. The number of hydrogen-bond acceptors (Lipinski definition) is 11. The highest BCUT2D eigenvalue weighted by molar-refractivity contribution is 6.37. The zero-order valence-electron chi connectivity index (χ0n) is 30.4. The van der Waals surface area contributed by atoms with E-state index >= 15 is 0 Å². The fourth-order valence-electron chi connectivity index (χ4n) is 8.10. The third-order valence-electron chi connectivity index (χ3n) is 11.0. The Morgan fingerprint density at radius 1 is 1.04 bits per heavy atom. The van der Waals surface area contributed by atoms with Crippen LogP contribution in [0.4, 0.5) is 0 Å². The van der Waals surface area contributed by atoms with E-state index in [9.17, 15) is 24.9 Å². The van der Waals surface area contributed by atoms with Crippen molar-refractivity contribution >= 4 is 45.9 Å². The Hall–Kier alpha value is -5.38. The second-order valence-electron chi connectivity index (χ2n) is 15.2. The number of nitrogens with one attached hydrogen (secondary N) is 3. The Kier molecular flexibility index (Phi) is 8.14. The predicted molar refractivity (Wildman–Crippen MR) is 205 cm³/mol. The van der Waals surface area contributed by atoms with Gasteiger partial charge in [0, 0.05) is 34.0 Å². The minimum Gasteiger partial charge on any atom is -0.508 e. The van der Waals surface area contributed by atoms with Crippen molar-refractivity contribution in [1.82, 2.24) is 25.6 Å². The number of nitrogens with zero attached hydrogens (tertiary/aromatic N) is 2.